The smallest absolute Gasteiger partial charge is 0 e. The molecule has 1 unspecified atom stereocenters. The van der Waals surface area contributed by atoms with Crippen molar-refractivity contribution < 1.29 is 21.7 Å². The van der Waals surface area contributed by atoms with E-state index in [0.29, 0.717) is 0 Å². The standard InChI is InChI=1S/C11H12P.Ti/c1-8-7-12-11(9(8)2)10-5-3-4-6-10;/h3-5,12H,6H2,1-2H3;/q-1;. The SMILES string of the molecule is Cc1[c-][pH]c(C2=CC=CC2)c1C.[Ti]. The summed E-state index contributed by atoms with van der Waals surface area (Å²) in [6.45, 7) is 4.36. The summed E-state index contributed by atoms with van der Waals surface area (Å²) >= 11 is 0. The van der Waals surface area contributed by atoms with Crippen LogP contribution < -0.4 is 0 Å². The summed E-state index contributed by atoms with van der Waals surface area (Å²) < 4.78 is 0. The summed E-state index contributed by atoms with van der Waals surface area (Å²) in [5.74, 6) is 3.40. The third-order valence-electron chi connectivity index (χ3n) is 2.40. The third kappa shape index (κ3) is 2.07. The van der Waals surface area contributed by atoms with E-state index in [0.717, 1.165) is 14.6 Å². The number of hydrogen-bond donors (Lipinski definition) is 0. The Bertz CT molecular complexity index is 358. The van der Waals surface area contributed by atoms with Crippen molar-refractivity contribution in [2.24, 2.45) is 0 Å². The fourth-order valence-corrected chi connectivity index (χ4v) is 2.71. The Morgan fingerprint density at radius 2 is 2.15 bits per heavy atom. The van der Waals surface area contributed by atoms with Gasteiger partial charge in [-0.15, -0.1) is 0 Å². The van der Waals surface area contributed by atoms with Gasteiger partial charge in [0.2, 0.25) is 0 Å². The van der Waals surface area contributed by atoms with Crippen LogP contribution in [0.2, 0.25) is 0 Å². The van der Waals surface area contributed by atoms with Crippen molar-refractivity contribution in [2.75, 3.05) is 0 Å². The predicted molar refractivity (Wildman–Crippen MR) is 56.0 cm³/mol. The van der Waals surface area contributed by atoms with Crippen molar-refractivity contribution in [3.8, 4) is 0 Å². The Hall–Kier alpha value is -0.0257. The molecule has 1 atom stereocenters. The van der Waals surface area contributed by atoms with Crippen molar-refractivity contribution in [3.05, 3.63) is 40.4 Å². The van der Waals surface area contributed by atoms with Gasteiger partial charge in [-0.25, -0.2) is 0 Å². The molecule has 0 saturated heterocycles. The van der Waals surface area contributed by atoms with Crippen LogP contribution in [0.1, 0.15) is 22.8 Å². The number of allylic oxidation sites excluding steroid dienone is 4. The first-order valence-corrected chi connectivity index (χ1v) is 5.22. The minimum absolute atomic E-state index is 0. The van der Waals surface area contributed by atoms with Crippen LogP contribution in [0.25, 0.3) is 5.57 Å². The zero-order valence-electron chi connectivity index (χ0n) is 7.94. The van der Waals surface area contributed by atoms with Gasteiger partial charge in [0.05, 0.1) is 0 Å². The van der Waals surface area contributed by atoms with Gasteiger partial charge in [0.25, 0.3) is 0 Å². The van der Waals surface area contributed by atoms with Gasteiger partial charge < -0.3 is 0 Å². The monoisotopic (exact) mass is 223 g/mol. The molecule has 0 aromatic carbocycles. The van der Waals surface area contributed by atoms with Crippen LogP contribution in [-0.2, 0) is 21.7 Å². The summed E-state index contributed by atoms with van der Waals surface area (Å²) in [7, 11) is 0.779. The normalized spacial score (nSPS) is 14.8. The summed E-state index contributed by atoms with van der Waals surface area (Å²) in [4.78, 5) is 0. The number of hydrogen-bond acceptors (Lipinski definition) is 0. The molecular weight excluding hydrogens is 211 g/mol. The number of rotatable bonds is 1. The van der Waals surface area contributed by atoms with E-state index in [1.54, 1.807) is 0 Å². The van der Waals surface area contributed by atoms with Crippen LogP contribution in [-0.4, -0.2) is 0 Å². The van der Waals surface area contributed by atoms with Crippen molar-refractivity contribution in [1.29, 1.82) is 0 Å². The maximum absolute atomic E-state index is 3.40. The van der Waals surface area contributed by atoms with Gasteiger partial charge in [0.15, 0.2) is 0 Å². The van der Waals surface area contributed by atoms with Gasteiger partial charge in [-0.3, -0.25) is 8.19 Å². The molecule has 1 heterocycles. The molecule has 0 spiro atoms. The van der Waals surface area contributed by atoms with Crippen molar-refractivity contribution in [3.63, 3.8) is 0 Å². The van der Waals surface area contributed by atoms with E-state index in [2.05, 4.69) is 37.9 Å². The minimum Gasteiger partial charge on any atom is -0.263 e. The van der Waals surface area contributed by atoms with E-state index in [1.165, 1.54) is 22.0 Å². The fraction of sp³-hybridized carbons (Fsp3) is 0.273. The molecule has 0 radical (unpaired) electrons. The van der Waals surface area contributed by atoms with Crippen LogP contribution in [0.4, 0.5) is 0 Å². The van der Waals surface area contributed by atoms with E-state index in [1.807, 2.05) is 0 Å². The molecule has 13 heavy (non-hydrogen) atoms. The van der Waals surface area contributed by atoms with E-state index in [4.69, 9.17) is 0 Å². The summed E-state index contributed by atoms with van der Waals surface area (Å²) in [6, 6.07) is 0. The Kier molecular flexibility index (Phi) is 3.79. The summed E-state index contributed by atoms with van der Waals surface area (Å²) in [6.07, 6.45) is 7.71. The van der Waals surface area contributed by atoms with Crippen molar-refractivity contribution in [2.45, 2.75) is 20.3 Å². The van der Waals surface area contributed by atoms with Gasteiger partial charge >= 0.3 is 0 Å². The molecule has 0 N–H and O–H groups in total. The van der Waals surface area contributed by atoms with Crippen LogP contribution in [0.5, 0.6) is 0 Å². The molecule has 0 amide bonds. The topological polar surface area (TPSA) is 0 Å². The number of aryl methyl sites for hydroxylation is 1. The van der Waals surface area contributed by atoms with Gasteiger partial charge in [0.1, 0.15) is 0 Å². The Balaban J connectivity index is 0.000000845. The maximum atomic E-state index is 3.40. The fourth-order valence-electron chi connectivity index (χ4n) is 1.49. The first kappa shape index (κ1) is 11.1. The average Bonchev–Trinajstić information content (AvgIpc) is 2.64. The third-order valence-corrected chi connectivity index (χ3v) is 3.85. The zero-order chi connectivity index (χ0) is 8.55. The van der Waals surface area contributed by atoms with Crippen molar-refractivity contribution in [1.82, 2.24) is 0 Å². The summed E-state index contributed by atoms with van der Waals surface area (Å²) in [5.41, 5.74) is 4.29. The van der Waals surface area contributed by atoms with E-state index < -0.39 is 0 Å². The second-order valence-corrected chi connectivity index (χ2v) is 4.20. The Labute approximate surface area is 96.1 Å². The van der Waals surface area contributed by atoms with Crippen LogP contribution in [0.3, 0.4) is 0 Å². The van der Waals surface area contributed by atoms with Crippen molar-refractivity contribution >= 4 is 13.8 Å². The largest absolute Gasteiger partial charge is 0.263 e. The molecule has 2 heteroatoms. The molecule has 0 aliphatic heterocycles. The first-order chi connectivity index (χ1) is 5.79. The minimum atomic E-state index is 0. The van der Waals surface area contributed by atoms with E-state index in [-0.39, 0.29) is 21.7 Å². The molecule has 1 aromatic heterocycles. The Morgan fingerprint density at radius 3 is 2.62 bits per heavy atom. The molecular formula is C11H12PTi-. The maximum Gasteiger partial charge on any atom is 0 e. The molecule has 1 aliphatic carbocycles. The first-order valence-electron chi connectivity index (χ1n) is 4.22. The molecule has 0 saturated carbocycles. The van der Waals surface area contributed by atoms with Crippen LogP contribution >= 0.6 is 8.19 Å². The Morgan fingerprint density at radius 1 is 1.38 bits per heavy atom. The molecule has 0 fully saturated rings. The van der Waals surface area contributed by atoms with Gasteiger partial charge in [-0.1, -0.05) is 37.6 Å². The summed E-state index contributed by atoms with van der Waals surface area (Å²) in [5, 5.41) is 1.53. The van der Waals surface area contributed by atoms with E-state index >= 15 is 0 Å². The van der Waals surface area contributed by atoms with Gasteiger partial charge in [-0.2, -0.15) is 22.2 Å². The van der Waals surface area contributed by atoms with Crippen LogP contribution in [0, 0.1) is 19.6 Å². The van der Waals surface area contributed by atoms with Gasteiger partial charge in [0, 0.05) is 21.7 Å². The zero-order valence-corrected chi connectivity index (χ0v) is 10.5. The molecule has 1 aliphatic rings. The molecule has 66 valence electrons. The second-order valence-electron chi connectivity index (χ2n) is 3.20. The van der Waals surface area contributed by atoms with Gasteiger partial charge in [-0.05, 0) is 6.42 Å². The molecule has 0 bridgehead atoms. The predicted octanol–water partition coefficient (Wildman–Crippen LogP) is 3.48. The molecule has 0 nitrogen and oxygen atoms in total. The molecule has 2 rings (SSSR count). The second kappa shape index (κ2) is 4.46. The average molecular weight is 223 g/mol. The molecule has 1 aromatic rings. The quantitative estimate of drug-likeness (QED) is 0.505. The van der Waals surface area contributed by atoms with E-state index in [9.17, 15) is 0 Å². The van der Waals surface area contributed by atoms with Crippen LogP contribution in [0.15, 0.2) is 18.2 Å².